The molecule has 11 heteroatoms. The van der Waals surface area contributed by atoms with Crippen LogP contribution in [-0.2, 0) is 6.18 Å². The lowest BCUT2D eigenvalue weighted by atomic mass is 10.1. The zero-order chi connectivity index (χ0) is 26.5. The van der Waals surface area contributed by atoms with Crippen molar-refractivity contribution in [1.29, 1.82) is 0 Å². The zero-order valence-corrected chi connectivity index (χ0v) is 19.5. The Bertz CT molecular complexity index is 1680. The predicted molar refractivity (Wildman–Crippen MR) is 126 cm³/mol. The van der Waals surface area contributed by atoms with Crippen molar-refractivity contribution in [2.75, 3.05) is 0 Å². The standard InChI is InChI=1S/C26H18F5N5O/c1-15-10-18(34-13-20(27)21(28)14-34)6-7-22(15)35-9-8-24(37)25(33-35)23-11-16(2)32-36(23)19-5-3-4-17(12-19)26(29,30)31/h3-14H,1-2H3. The predicted octanol–water partition coefficient (Wildman–Crippen LogP) is 5.79. The Morgan fingerprint density at radius 1 is 0.838 bits per heavy atom. The van der Waals surface area contributed by atoms with Crippen LogP contribution in [-0.4, -0.2) is 24.1 Å². The summed E-state index contributed by atoms with van der Waals surface area (Å²) in [5, 5.41) is 8.75. The van der Waals surface area contributed by atoms with E-state index in [-0.39, 0.29) is 17.1 Å². The van der Waals surface area contributed by atoms with E-state index in [1.165, 1.54) is 38.3 Å². The summed E-state index contributed by atoms with van der Waals surface area (Å²) in [5.74, 6) is -1.94. The van der Waals surface area contributed by atoms with Crippen molar-refractivity contribution < 1.29 is 22.0 Å². The molecule has 5 aromatic rings. The van der Waals surface area contributed by atoms with Crippen LogP contribution in [0.2, 0.25) is 0 Å². The van der Waals surface area contributed by atoms with E-state index in [0.717, 1.165) is 24.5 Å². The number of alkyl halides is 3. The normalized spacial score (nSPS) is 11.8. The van der Waals surface area contributed by atoms with Gasteiger partial charge in [0.2, 0.25) is 5.43 Å². The molecule has 0 fully saturated rings. The number of benzene rings is 2. The fourth-order valence-electron chi connectivity index (χ4n) is 4.01. The lowest BCUT2D eigenvalue weighted by molar-refractivity contribution is -0.137. The number of aryl methyl sites for hydroxylation is 2. The van der Waals surface area contributed by atoms with Gasteiger partial charge in [-0.1, -0.05) is 6.07 Å². The summed E-state index contributed by atoms with van der Waals surface area (Å²) >= 11 is 0. The lowest BCUT2D eigenvalue weighted by Crippen LogP contribution is -2.15. The SMILES string of the molecule is Cc1cc(-c2nn(-c3ccc(-n4cc(F)c(F)c4)cc3C)ccc2=O)n(-c2cccc(C(F)(F)F)c2)n1. The maximum Gasteiger partial charge on any atom is 0.416 e. The molecular formula is C26H18F5N5O. The third-order valence-electron chi connectivity index (χ3n) is 5.76. The summed E-state index contributed by atoms with van der Waals surface area (Å²) in [7, 11) is 0. The second kappa shape index (κ2) is 8.84. The van der Waals surface area contributed by atoms with Crippen LogP contribution in [0.25, 0.3) is 28.5 Å². The fourth-order valence-corrected chi connectivity index (χ4v) is 4.01. The van der Waals surface area contributed by atoms with Crippen molar-refractivity contribution in [1.82, 2.24) is 24.1 Å². The highest BCUT2D eigenvalue weighted by Gasteiger charge is 2.31. The monoisotopic (exact) mass is 511 g/mol. The van der Waals surface area contributed by atoms with Gasteiger partial charge in [0.15, 0.2) is 17.3 Å². The second-order valence-electron chi connectivity index (χ2n) is 8.44. The number of hydrogen-bond donors (Lipinski definition) is 0. The lowest BCUT2D eigenvalue weighted by Gasteiger charge is -2.13. The number of nitrogens with zero attached hydrogens (tertiary/aromatic N) is 5. The Kier molecular flexibility index (Phi) is 5.77. The summed E-state index contributed by atoms with van der Waals surface area (Å²) in [6.07, 6.45) is -1.04. The average Bonchev–Trinajstić information content (AvgIpc) is 3.40. The first-order valence-corrected chi connectivity index (χ1v) is 11.0. The Labute approximate surface area is 206 Å². The minimum absolute atomic E-state index is 0.0152. The van der Waals surface area contributed by atoms with Gasteiger partial charge in [-0.15, -0.1) is 0 Å². The number of rotatable bonds is 4. The number of aromatic nitrogens is 5. The molecule has 0 N–H and O–H groups in total. The minimum atomic E-state index is -4.54. The molecule has 188 valence electrons. The Balaban J connectivity index is 1.59. The van der Waals surface area contributed by atoms with Crippen LogP contribution in [0.1, 0.15) is 16.8 Å². The number of halogens is 5. The molecule has 0 saturated carbocycles. The Hall–Kier alpha value is -4.54. The van der Waals surface area contributed by atoms with Gasteiger partial charge in [-0.2, -0.15) is 23.4 Å². The first-order chi connectivity index (χ1) is 17.5. The summed E-state index contributed by atoms with van der Waals surface area (Å²) in [6, 6.07) is 12.5. The molecule has 0 aliphatic carbocycles. The van der Waals surface area contributed by atoms with Crippen molar-refractivity contribution >= 4 is 0 Å². The molecule has 37 heavy (non-hydrogen) atoms. The van der Waals surface area contributed by atoms with Crippen LogP contribution in [0.4, 0.5) is 22.0 Å². The smallest absolute Gasteiger partial charge is 0.318 e. The summed E-state index contributed by atoms with van der Waals surface area (Å²) in [4.78, 5) is 12.8. The zero-order valence-electron chi connectivity index (χ0n) is 19.5. The molecule has 3 heterocycles. The van der Waals surface area contributed by atoms with E-state index < -0.39 is 28.8 Å². The summed E-state index contributed by atoms with van der Waals surface area (Å²) in [5.41, 5.74) is 1.32. The van der Waals surface area contributed by atoms with Crippen LogP contribution in [0.15, 0.2) is 78.0 Å². The van der Waals surface area contributed by atoms with Crippen molar-refractivity contribution in [3.05, 3.63) is 112 Å². The highest BCUT2D eigenvalue weighted by atomic mass is 19.4. The third kappa shape index (κ3) is 4.55. The minimum Gasteiger partial charge on any atom is -0.318 e. The van der Waals surface area contributed by atoms with Gasteiger partial charge >= 0.3 is 6.18 Å². The van der Waals surface area contributed by atoms with Gasteiger partial charge in [-0.3, -0.25) is 4.79 Å². The Morgan fingerprint density at radius 2 is 1.57 bits per heavy atom. The maximum atomic E-state index is 13.4. The van der Waals surface area contributed by atoms with Gasteiger partial charge in [0, 0.05) is 30.3 Å². The third-order valence-corrected chi connectivity index (χ3v) is 5.76. The van der Waals surface area contributed by atoms with E-state index in [2.05, 4.69) is 10.2 Å². The van der Waals surface area contributed by atoms with E-state index in [1.807, 2.05) is 0 Å². The topological polar surface area (TPSA) is 57.6 Å². The first kappa shape index (κ1) is 24.2. The largest absolute Gasteiger partial charge is 0.416 e. The quantitative estimate of drug-likeness (QED) is 0.287. The molecule has 5 rings (SSSR count). The molecule has 6 nitrogen and oxygen atoms in total. The average molecular weight is 511 g/mol. The second-order valence-corrected chi connectivity index (χ2v) is 8.44. The van der Waals surface area contributed by atoms with Crippen molar-refractivity contribution in [2.24, 2.45) is 0 Å². The highest BCUT2D eigenvalue weighted by Crippen LogP contribution is 2.31. The van der Waals surface area contributed by atoms with Gasteiger partial charge in [-0.05, 0) is 61.9 Å². The molecule has 0 saturated heterocycles. The molecule has 0 unspecified atom stereocenters. The molecule has 2 aromatic carbocycles. The molecule has 0 radical (unpaired) electrons. The van der Waals surface area contributed by atoms with E-state index in [9.17, 15) is 26.7 Å². The molecule has 0 atom stereocenters. The van der Waals surface area contributed by atoms with Gasteiger partial charge in [0.1, 0.15) is 0 Å². The van der Waals surface area contributed by atoms with Crippen LogP contribution in [0.5, 0.6) is 0 Å². The van der Waals surface area contributed by atoms with Crippen molar-refractivity contribution in [3.8, 4) is 28.5 Å². The Morgan fingerprint density at radius 3 is 2.24 bits per heavy atom. The highest BCUT2D eigenvalue weighted by molar-refractivity contribution is 5.59. The molecule has 0 spiro atoms. The van der Waals surface area contributed by atoms with Gasteiger partial charge < -0.3 is 4.57 Å². The van der Waals surface area contributed by atoms with E-state index in [4.69, 9.17) is 0 Å². The fraction of sp³-hybridized carbons (Fsp3) is 0.115. The first-order valence-electron chi connectivity index (χ1n) is 11.0. The molecule has 0 amide bonds. The molecule has 0 aliphatic rings. The number of hydrogen-bond acceptors (Lipinski definition) is 3. The van der Waals surface area contributed by atoms with E-state index >= 15 is 0 Å². The summed E-state index contributed by atoms with van der Waals surface area (Å²) in [6.45, 7) is 3.43. The van der Waals surface area contributed by atoms with Gasteiger partial charge in [-0.25, -0.2) is 18.1 Å². The van der Waals surface area contributed by atoms with Gasteiger partial charge in [0.05, 0.1) is 28.3 Å². The molecule has 3 aromatic heterocycles. The molecule has 0 aliphatic heterocycles. The molecular weight excluding hydrogens is 493 g/mol. The van der Waals surface area contributed by atoms with E-state index in [0.29, 0.717) is 22.6 Å². The maximum absolute atomic E-state index is 13.4. The summed E-state index contributed by atoms with van der Waals surface area (Å²) < 4.78 is 70.7. The van der Waals surface area contributed by atoms with Crippen LogP contribution >= 0.6 is 0 Å². The molecule has 0 bridgehead atoms. The van der Waals surface area contributed by atoms with Crippen LogP contribution < -0.4 is 5.43 Å². The van der Waals surface area contributed by atoms with Crippen LogP contribution in [0, 0.1) is 25.5 Å². The van der Waals surface area contributed by atoms with Gasteiger partial charge in [0.25, 0.3) is 0 Å². The van der Waals surface area contributed by atoms with Crippen LogP contribution in [0.3, 0.4) is 0 Å². The van der Waals surface area contributed by atoms with Crippen molar-refractivity contribution in [2.45, 2.75) is 20.0 Å². The van der Waals surface area contributed by atoms with Crippen molar-refractivity contribution in [3.63, 3.8) is 0 Å². The van der Waals surface area contributed by atoms with E-state index in [1.54, 1.807) is 38.1 Å².